The zero-order valence-electron chi connectivity index (χ0n) is 16.1. The van der Waals surface area contributed by atoms with E-state index in [0.717, 1.165) is 37.0 Å². The third-order valence-electron chi connectivity index (χ3n) is 4.76. The SMILES string of the molecule is CC(OC(=O)c1ccccc1NS(=O)(=O)c1cccs1)C(=O)NC1CCCCC1. The van der Waals surface area contributed by atoms with Crippen LogP contribution in [-0.4, -0.2) is 32.4 Å². The van der Waals surface area contributed by atoms with Gasteiger partial charge in [0.15, 0.2) is 6.10 Å². The van der Waals surface area contributed by atoms with Crippen LogP contribution in [0, 0.1) is 0 Å². The maximum Gasteiger partial charge on any atom is 0.341 e. The number of ether oxygens (including phenoxy) is 1. The molecule has 1 aliphatic rings. The van der Waals surface area contributed by atoms with Crippen molar-refractivity contribution in [2.24, 2.45) is 0 Å². The lowest BCUT2D eigenvalue weighted by atomic mass is 9.95. The molecule has 1 heterocycles. The summed E-state index contributed by atoms with van der Waals surface area (Å²) >= 11 is 1.07. The van der Waals surface area contributed by atoms with Gasteiger partial charge in [-0.05, 0) is 43.3 Å². The quantitative estimate of drug-likeness (QED) is 0.647. The summed E-state index contributed by atoms with van der Waals surface area (Å²) in [7, 11) is -3.81. The lowest BCUT2D eigenvalue weighted by molar-refractivity contribution is -0.130. The summed E-state index contributed by atoms with van der Waals surface area (Å²) in [5.41, 5.74) is 0.149. The Morgan fingerprint density at radius 2 is 1.83 bits per heavy atom. The molecule has 0 saturated heterocycles. The molecule has 1 saturated carbocycles. The highest BCUT2D eigenvalue weighted by atomic mass is 32.2. The minimum absolute atomic E-state index is 0.0462. The van der Waals surface area contributed by atoms with E-state index in [0.29, 0.717) is 0 Å². The van der Waals surface area contributed by atoms with Crippen LogP contribution in [0.15, 0.2) is 46.0 Å². The third-order valence-corrected chi connectivity index (χ3v) is 7.52. The first-order valence-corrected chi connectivity index (χ1v) is 11.9. The van der Waals surface area contributed by atoms with Gasteiger partial charge in [-0.1, -0.05) is 37.5 Å². The number of hydrogen-bond acceptors (Lipinski definition) is 6. The summed E-state index contributed by atoms with van der Waals surface area (Å²) in [6.45, 7) is 1.51. The molecule has 7 nitrogen and oxygen atoms in total. The van der Waals surface area contributed by atoms with Gasteiger partial charge in [0, 0.05) is 6.04 Å². The molecule has 0 radical (unpaired) electrons. The first-order valence-electron chi connectivity index (χ1n) is 9.53. The van der Waals surface area contributed by atoms with Gasteiger partial charge in [-0.15, -0.1) is 11.3 Å². The van der Waals surface area contributed by atoms with Crippen molar-refractivity contribution >= 4 is 38.9 Å². The van der Waals surface area contributed by atoms with Crippen molar-refractivity contribution in [2.75, 3.05) is 4.72 Å². The van der Waals surface area contributed by atoms with Crippen molar-refractivity contribution in [3.05, 3.63) is 47.3 Å². The first kappa shape index (κ1) is 21.3. The van der Waals surface area contributed by atoms with Gasteiger partial charge >= 0.3 is 5.97 Å². The molecular formula is C20H24N2O5S2. The van der Waals surface area contributed by atoms with Crippen LogP contribution in [-0.2, 0) is 19.6 Å². The molecule has 156 valence electrons. The molecule has 1 aromatic carbocycles. The van der Waals surface area contributed by atoms with Gasteiger partial charge in [-0.3, -0.25) is 9.52 Å². The van der Waals surface area contributed by atoms with E-state index in [4.69, 9.17) is 4.74 Å². The van der Waals surface area contributed by atoms with Crippen LogP contribution in [0.4, 0.5) is 5.69 Å². The van der Waals surface area contributed by atoms with Crippen LogP contribution in [0.25, 0.3) is 0 Å². The van der Waals surface area contributed by atoms with Gasteiger partial charge in [0.05, 0.1) is 11.3 Å². The molecule has 1 fully saturated rings. The first-order chi connectivity index (χ1) is 13.9. The molecule has 0 aliphatic heterocycles. The van der Waals surface area contributed by atoms with Crippen LogP contribution in [0.2, 0.25) is 0 Å². The number of nitrogens with one attached hydrogen (secondary N) is 2. The maximum absolute atomic E-state index is 12.6. The normalized spacial score (nSPS) is 16.0. The van der Waals surface area contributed by atoms with Gasteiger partial charge in [0.2, 0.25) is 0 Å². The Morgan fingerprint density at radius 1 is 1.10 bits per heavy atom. The summed E-state index contributed by atoms with van der Waals surface area (Å²) in [6.07, 6.45) is 4.22. The second-order valence-electron chi connectivity index (χ2n) is 6.97. The van der Waals surface area contributed by atoms with E-state index >= 15 is 0 Å². The molecule has 1 atom stereocenters. The molecule has 1 aliphatic carbocycles. The molecule has 0 spiro atoms. The summed E-state index contributed by atoms with van der Waals surface area (Å²) in [5, 5.41) is 4.57. The molecule has 9 heteroatoms. The fourth-order valence-electron chi connectivity index (χ4n) is 3.20. The summed E-state index contributed by atoms with van der Waals surface area (Å²) in [4.78, 5) is 25.0. The Hall–Kier alpha value is -2.39. The second kappa shape index (κ2) is 9.41. The number of para-hydroxylation sites is 1. The predicted molar refractivity (Wildman–Crippen MR) is 111 cm³/mol. The van der Waals surface area contributed by atoms with E-state index in [1.165, 1.54) is 31.5 Å². The Kier molecular flexibility index (Phi) is 6.92. The molecular weight excluding hydrogens is 412 g/mol. The van der Waals surface area contributed by atoms with Crippen LogP contribution in [0.1, 0.15) is 49.4 Å². The van der Waals surface area contributed by atoms with Crippen molar-refractivity contribution in [1.29, 1.82) is 0 Å². The van der Waals surface area contributed by atoms with Gasteiger partial charge < -0.3 is 10.1 Å². The Labute approximate surface area is 174 Å². The van der Waals surface area contributed by atoms with Crippen molar-refractivity contribution in [3.63, 3.8) is 0 Å². The molecule has 29 heavy (non-hydrogen) atoms. The predicted octanol–water partition coefficient (Wildman–Crippen LogP) is 3.54. The Balaban J connectivity index is 1.67. The van der Waals surface area contributed by atoms with Crippen LogP contribution < -0.4 is 10.0 Å². The van der Waals surface area contributed by atoms with Gasteiger partial charge in [0.1, 0.15) is 4.21 Å². The zero-order chi connectivity index (χ0) is 20.9. The van der Waals surface area contributed by atoms with E-state index in [9.17, 15) is 18.0 Å². The maximum atomic E-state index is 12.6. The van der Waals surface area contributed by atoms with E-state index in [-0.39, 0.29) is 27.4 Å². The average molecular weight is 437 g/mol. The van der Waals surface area contributed by atoms with Crippen molar-refractivity contribution in [2.45, 2.75) is 55.4 Å². The molecule has 0 bridgehead atoms. The number of esters is 1. The molecule has 2 aromatic rings. The highest BCUT2D eigenvalue weighted by Crippen LogP contribution is 2.24. The van der Waals surface area contributed by atoms with E-state index in [2.05, 4.69) is 10.0 Å². The van der Waals surface area contributed by atoms with Crippen LogP contribution in [0.3, 0.4) is 0 Å². The summed E-state index contributed by atoms with van der Waals surface area (Å²) in [6, 6.07) is 9.38. The lowest BCUT2D eigenvalue weighted by Crippen LogP contribution is -2.42. The number of amides is 1. The van der Waals surface area contributed by atoms with Gasteiger partial charge in [0.25, 0.3) is 15.9 Å². The topological polar surface area (TPSA) is 102 Å². The number of anilines is 1. The summed E-state index contributed by atoms with van der Waals surface area (Å²) in [5.74, 6) is -1.11. The Bertz CT molecular complexity index is 951. The molecule has 1 unspecified atom stereocenters. The number of hydrogen-bond donors (Lipinski definition) is 2. The van der Waals surface area contributed by atoms with Gasteiger partial charge in [-0.25, -0.2) is 13.2 Å². The highest BCUT2D eigenvalue weighted by Gasteiger charge is 2.25. The third kappa shape index (κ3) is 5.57. The minimum Gasteiger partial charge on any atom is -0.449 e. The van der Waals surface area contributed by atoms with Crippen molar-refractivity contribution in [1.82, 2.24) is 5.32 Å². The molecule has 1 aromatic heterocycles. The number of thiophene rings is 1. The number of carbonyl (C=O) groups is 2. The van der Waals surface area contributed by atoms with E-state index in [1.807, 2.05) is 0 Å². The zero-order valence-corrected chi connectivity index (χ0v) is 17.7. The van der Waals surface area contributed by atoms with E-state index in [1.54, 1.807) is 23.6 Å². The number of benzene rings is 1. The van der Waals surface area contributed by atoms with E-state index < -0.39 is 22.1 Å². The number of rotatable bonds is 7. The fourth-order valence-corrected chi connectivity index (χ4v) is 5.28. The minimum atomic E-state index is -3.81. The van der Waals surface area contributed by atoms with Crippen molar-refractivity contribution < 1.29 is 22.7 Å². The lowest BCUT2D eigenvalue weighted by Gasteiger charge is -2.24. The fraction of sp³-hybridized carbons (Fsp3) is 0.400. The molecule has 2 N–H and O–H groups in total. The van der Waals surface area contributed by atoms with Crippen LogP contribution >= 0.6 is 11.3 Å². The van der Waals surface area contributed by atoms with Crippen LogP contribution in [0.5, 0.6) is 0 Å². The number of sulfonamides is 1. The second-order valence-corrected chi connectivity index (χ2v) is 9.83. The molecule has 1 amide bonds. The Morgan fingerprint density at radius 3 is 2.52 bits per heavy atom. The standard InChI is InChI=1S/C20H24N2O5S2/c1-14(19(23)21-15-8-3-2-4-9-15)27-20(24)16-10-5-6-11-17(16)22-29(25,26)18-12-7-13-28-18/h5-7,10-15,22H,2-4,8-9H2,1H3,(H,21,23). The summed E-state index contributed by atoms with van der Waals surface area (Å²) < 4.78 is 32.8. The number of carbonyl (C=O) groups excluding carboxylic acids is 2. The molecule has 3 rings (SSSR count). The highest BCUT2D eigenvalue weighted by molar-refractivity contribution is 7.94. The van der Waals surface area contributed by atoms with Crippen molar-refractivity contribution in [3.8, 4) is 0 Å². The smallest absolute Gasteiger partial charge is 0.341 e. The monoisotopic (exact) mass is 436 g/mol. The van der Waals surface area contributed by atoms with Gasteiger partial charge in [-0.2, -0.15) is 0 Å². The average Bonchev–Trinajstić information content (AvgIpc) is 3.24. The largest absolute Gasteiger partial charge is 0.449 e.